The molecule has 0 aliphatic carbocycles. The third-order valence-electron chi connectivity index (χ3n) is 7.38. The number of nitrogens with one attached hydrogen (secondary N) is 3. The fourth-order valence-corrected chi connectivity index (χ4v) is 4.68. The number of rotatable bonds is 5. The number of aromatic nitrogens is 1. The van der Waals surface area contributed by atoms with Crippen LogP contribution in [0.1, 0.15) is 29.9 Å². The summed E-state index contributed by atoms with van der Waals surface area (Å²) in [6.07, 6.45) is -3.61. The Morgan fingerprint density at radius 2 is 1.61 bits per heavy atom. The molecule has 2 aliphatic heterocycles. The lowest BCUT2D eigenvalue weighted by atomic mass is 9.91. The SMILES string of the molecule is C[C@H]1NC(=O)C(C2COC2)OC(=O)[C@H](C)[C@H](O)[C@H](Cc2c(F)c(F)c(F)c(F)c2F)NC(=O)[C@H]1NC(=O)c1ncccc1O. The van der Waals surface area contributed by atoms with Gasteiger partial charge in [-0.1, -0.05) is 0 Å². The van der Waals surface area contributed by atoms with Gasteiger partial charge < -0.3 is 35.6 Å². The summed E-state index contributed by atoms with van der Waals surface area (Å²) in [6, 6.07) is -2.53. The van der Waals surface area contributed by atoms with Crippen LogP contribution in [0.3, 0.4) is 0 Å². The van der Waals surface area contributed by atoms with Gasteiger partial charge in [-0.05, 0) is 26.0 Å². The van der Waals surface area contributed by atoms with Gasteiger partial charge >= 0.3 is 5.97 Å². The van der Waals surface area contributed by atoms with Gasteiger partial charge in [0.1, 0.15) is 11.8 Å². The highest BCUT2D eigenvalue weighted by Crippen LogP contribution is 2.27. The molecule has 0 radical (unpaired) electrons. The molecule has 0 saturated carbocycles. The van der Waals surface area contributed by atoms with E-state index >= 15 is 0 Å². The number of hydrogen-bond acceptors (Lipinski definition) is 9. The third-order valence-corrected chi connectivity index (χ3v) is 7.38. The van der Waals surface area contributed by atoms with Gasteiger partial charge in [-0.2, -0.15) is 0 Å². The second-order valence-corrected chi connectivity index (χ2v) is 10.4. The number of benzene rings is 1. The van der Waals surface area contributed by atoms with E-state index in [1.54, 1.807) is 0 Å². The fraction of sp³-hybridized carbons (Fsp3) is 0.444. The smallest absolute Gasteiger partial charge is 0.312 e. The molecule has 5 N–H and O–H groups in total. The molecular formula is C27H27F5N4O8. The van der Waals surface area contributed by atoms with Crippen molar-refractivity contribution in [3.05, 3.63) is 58.7 Å². The maximum absolute atomic E-state index is 14.6. The van der Waals surface area contributed by atoms with Gasteiger partial charge in [0.15, 0.2) is 35.1 Å². The minimum atomic E-state index is -2.43. The summed E-state index contributed by atoms with van der Waals surface area (Å²) in [4.78, 5) is 56.4. The van der Waals surface area contributed by atoms with Crippen LogP contribution in [-0.2, 0) is 30.3 Å². The van der Waals surface area contributed by atoms with Crippen molar-refractivity contribution in [2.45, 2.75) is 50.6 Å². The largest absolute Gasteiger partial charge is 0.505 e. The maximum Gasteiger partial charge on any atom is 0.312 e. The molecule has 238 valence electrons. The lowest BCUT2D eigenvalue weighted by Crippen LogP contribution is -2.63. The summed E-state index contributed by atoms with van der Waals surface area (Å²) in [5.41, 5.74) is -1.92. The van der Waals surface area contributed by atoms with E-state index in [0.717, 1.165) is 13.0 Å². The lowest BCUT2D eigenvalue weighted by molar-refractivity contribution is -0.178. The van der Waals surface area contributed by atoms with Gasteiger partial charge in [0.05, 0.1) is 43.2 Å². The Bertz CT molecular complexity index is 1450. The highest BCUT2D eigenvalue weighted by Gasteiger charge is 2.43. The van der Waals surface area contributed by atoms with Crippen LogP contribution in [0.5, 0.6) is 5.75 Å². The standard InChI is InChI=1S/C27H27F5N4O8/c1-9-22(38)13(6-12-15(28)17(30)19(32)18(31)16(12)29)35-24(39)20(36-25(40)21-14(37)4-3-5-33-21)10(2)34-26(41)23(44-27(9)42)11-7-43-8-11/h3-5,9-11,13,20,22-23,37-38H,6-8H2,1-2H3,(H,34,41)(H,35,39)(H,36,40)/t9-,10-,13+,20+,22+,23?/m1/s1. The highest BCUT2D eigenvalue weighted by atomic mass is 19.2. The Balaban J connectivity index is 1.75. The van der Waals surface area contributed by atoms with Gasteiger partial charge in [0.25, 0.3) is 11.8 Å². The van der Waals surface area contributed by atoms with Gasteiger partial charge in [-0.3, -0.25) is 19.2 Å². The van der Waals surface area contributed by atoms with Crippen molar-refractivity contribution in [3.8, 4) is 5.75 Å². The van der Waals surface area contributed by atoms with Crippen molar-refractivity contribution in [2.75, 3.05) is 13.2 Å². The summed E-state index contributed by atoms with van der Waals surface area (Å²) in [7, 11) is 0. The molecule has 3 heterocycles. The van der Waals surface area contributed by atoms with E-state index in [0.29, 0.717) is 0 Å². The number of aliphatic hydroxyl groups excluding tert-OH is 1. The van der Waals surface area contributed by atoms with Gasteiger partial charge in [-0.25, -0.2) is 26.9 Å². The maximum atomic E-state index is 14.6. The number of carbonyl (C=O) groups is 4. The molecular weight excluding hydrogens is 603 g/mol. The van der Waals surface area contributed by atoms with Gasteiger partial charge in [0.2, 0.25) is 11.7 Å². The van der Waals surface area contributed by atoms with Crippen molar-refractivity contribution >= 4 is 23.7 Å². The number of cyclic esters (lactones) is 1. The number of amides is 3. The molecule has 4 rings (SSSR count). The Labute approximate surface area is 245 Å². The van der Waals surface area contributed by atoms with Crippen molar-refractivity contribution in [1.29, 1.82) is 0 Å². The second kappa shape index (κ2) is 13.1. The molecule has 0 bridgehead atoms. The monoisotopic (exact) mass is 630 g/mol. The van der Waals surface area contributed by atoms with E-state index in [-0.39, 0.29) is 13.2 Å². The summed E-state index contributed by atoms with van der Waals surface area (Å²) in [6.45, 7) is 2.38. The van der Waals surface area contributed by atoms with E-state index in [2.05, 4.69) is 20.9 Å². The van der Waals surface area contributed by atoms with E-state index in [9.17, 15) is 51.3 Å². The number of aromatic hydroxyl groups is 1. The first-order valence-corrected chi connectivity index (χ1v) is 13.2. The van der Waals surface area contributed by atoms with E-state index < -0.39 is 118 Å². The molecule has 2 saturated heterocycles. The zero-order chi connectivity index (χ0) is 32.5. The first kappa shape index (κ1) is 32.5. The first-order chi connectivity index (χ1) is 20.7. The molecule has 44 heavy (non-hydrogen) atoms. The van der Waals surface area contributed by atoms with Crippen molar-refractivity contribution < 1.29 is 60.8 Å². The average molecular weight is 631 g/mol. The molecule has 17 heteroatoms. The third kappa shape index (κ3) is 6.42. The summed E-state index contributed by atoms with van der Waals surface area (Å²) < 4.78 is 81.2. The number of ether oxygens (including phenoxy) is 2. The van der Waals surface area contributed by atoms with Crippen LogP contribution < -0.4 is 16.0 Å². The zero-order valence-electron chi connectivity index (χ0n) is 23.1. The number of aliphatic hydroxyl groups is 1. The van der Waals surface area contributed by atoms with Crippen molar-refractivity contribution in [2.24, 2.45) is 11.8 Å². The number of pyridine rings is 1. The summed E-state index contributed by atoms with van der Waals surface area (Å²) >= 11 is 0. The summed E-state index contributed by atoms with van der Waals surface area (Å²) in [5.74, 6) is -18.6. The number of nitrogens with zero attached hydrogens (tertiary/aromatic N) is 1. The molecule has 6 atom stereocenters. The van der Waals surface area contributed by atoms with Crippen LogP contribution >= 0.6 is 0 Å². The van der Waals surface area contributed by atoms with Crippen LogP contribution in [0, 0.1) is 40.9 Å². The molecule has 0 spiro atoms. The van der Waals surface area contributed by atoms with E-state index in [1.165, 1.54) is 19.2 Å². The molecule has 1 unspecified atom stereocenters. The molecule has 3 amide bonds. The van der Waals surface area contributed by atoms with E-state index in [4.69, 9.17) is 9.47 Å². The summed E-state index contributed by atoms with van der Waals surface area (Å²) in [5, 5.41) is 28.0. The Kier molecular flexibility index (Phi) is 9.68. The minimum Gasteiger partial charge on any atom is -0.505 e. The van der Waals surface area contributed by atoms with Crippen LogP contribution in [0.25, 0.3) is 0 Å². The highest BCUT2D eigenvalue weighted by molar-refractivity contribution is 5.98. The molecule has 1 aromatic heterocycles. The van der Waals surface area contributed by atoms with Crippen molar-refractivity contribution in [3.63, 3.8) is 0 Å². The Hall–Kier alpha value is -4.38. The van der Waals surface area contributed by atoms with Crippen LogP contribution in [0.4, 0.5) is 22.0 Å². The Morgan fingerprint density at radius 3 is 2.18 bits per heavy atom. The fourth-order valence-electron chi connectivity index (χ4n) is 4.68. The average Bonchev–Trinajstić information content (AvgIpc) is 2.96. The topological polar surface area (TPSA) is 176 Å². The first-order valence-electron chi connectivity index (χ1n) is 13.2. The normalized spacial score (nSPS) is 26.8. The number of halogens is 5. The molecule has 2 fully saturated rings. The number of carbonyl (C=O) groups excluding carboxylic acids is 4. The van der Waals surface area contributed by atoms with Crippen LogP contribution in [-0.4, -0.2) is 82.4 Å². The number of hydrogen-bond donors (Lipinski definition) is 5. The minimum absolute atomic E-state index is 0.0131. The zero-order valence-corrected chi connectivity index (χ0v) is 23.1. The quantitative estimate of drug-likeness (QED) is 0.135. The lowest BCUT2D eigenvalue weighted by Gasteiger charge is -2.36. The second-order valence-electron chi connectivity index (χ2n) is 10.4. The molecule has 2 aromatic rings. The predicted octanol–water partition coefficient (Wildman–Crippen LogP) is 0.382. The van der Waals surface area contributed by atoms with Gasteiger partial charge in [-0.15, -0.1) is 0 Å². The molecule has 12 nitrogen and oxygen atoms in total. The Morgan fingerprint density at radius 1 is 1.00 bits per heavy atom. The van der Waals surface area contributed by atoms with Crippen LogP contribution in [0.2, 0.25) is 0 Å². The molecule has 1 aromatic carbocycles. The van der Waals surface area contributed by atoms with Crippen LogP contribution in [0.15, 0.2) is 18.3 Å². The predicted molar refractivity (Wildman–Crippen MR) is 136 cm³/mol. The van der Waals surface area contributed by atoms with Crippen molar-refractivity contribution in [1.82, 2.24) is 20.9 Å². The van der Waals surface area contributed by atoms with Gasteiger partial charge in [0, 0.05) is 18.2 Å². The molecule has 2 aliphatic rings. The number of esters is 1. The van der Waals surface area contributed by atoms with E-state index in [1.807, 2.05) is 0 Å².